The van der Waals surface area contributed by atoms with Gasteiger partial charge in [-0.3, -0.25) is 4.79 Å². The molecular formula is C49H52N2O4. The average Bonchev–Trinajstić information content (AvgIpc) is 3.48. The summed E-state index contributed by atoms with van der Waals surface area (Å²) in [4.78, 5) is 31.1. The number of fused-ring (bicyclic) bond motifs is 1. The molecule has 0 saturated heterocycles. The molecule has 8 unspecified atom stereocenters. The van der Waals surface area contributed by atoms with E-state index in [0.29, 0.717) is 30.6 Å². The Bertz CT molecular complexity index is 2150. The summed E-state index contributed by atoms with van der Waals surface area (Å²) in [5, 5.41) is 27.4. The molecule has 2 bridgehead atoms. The van der Waals surface area contributed by atoms with Gasteiger partial charge in [-0.2, -0.15) is 0 Å². The Kier molecular flexibility index (Phi) is 8.59. The zero-order chi connectivity index (χ0) is 38.1. The number of benzene rings is 4. The third-order valence-electron chi connectivity index (χ3n) is 15.2. The van der Waals surface area contributed by atoms with Gasteiger partial charge in [0.2, 0.25) is 0 Å². The first-order chi connectivity index (χ1) is 26.5. The summed E-state index contributed by atoms with van der Waals surface area (Å²) in [6, 6.07) is 37.5. The quantitative estimate of drug-likeness (QED) is 0.124. The van der Waals surface area contributed by atoms with Crippen LogP contribution in [0.25, 0.3) is 11.1 Å². The molecule has 6 aliphatic carbocycles. The second kappa shape index (κ2) is 13.2. The van der Waals surface area contributed by atoms with Gasteiger partial charge in [0, 0.05) is 39.6 Å². The number of nitrogens with zero attached hydrogens (tertiary/aromatic N) is 1. The molecule has 4 aromatic carbocycles. The fourth-order valence-corrected chi connectivity index (χ4v) is 12.2. The lowest BCUT2D eigenvalue weighted by atomic mass is 9.32. The molecule has 55 heavy (non-hydrogen) atoms. The predicted octanol–water partition coefficient (Wildman–Crippen LogP) is 9.86. The molecule has 2 amide bonds. The maximum Gasteiger partial charge on any atom is 0.322 e. The van der Waals surface area contributed by atoms with E-state index < -0.39 is 27.9 Å². The van der Waals surface area contributed by atoms with E-state index in [2.05, 4.69) is 49.5 Å². The van der Waals surface area contributed by atoms with Crippen LogP contribution in [-0.4, -0.2) is 45.2 Å². The zero-order valence-electron chi connectivity index (χ0n) is 32.0. The molecule has 8 atom stereocenters. The topological polar surface area (TPSA) is 89.9 Å². The van der Waals surface area contributed by atoms with Gasteiger partial charge in [0.1, 0.15) is 0 Å². The molecule has 0 radical (unpaired) electrons. The Morgan fingerprint density at radius 1 is 0.727 bits per heavy atom. The molecule has 2 spiro atoms. The van der Waals surface area contributed by atoms with E-state index in [1.807, 2.05) is 103 Å². The van der Waals surface area contributed by atoms with E-state index in [9.17, 15) is 15.0 Å². The first-order valence-corrected chi connectivity index (χ1v) is 20.2. The average molecular weight is 733 g/mol. The van der Waals surface area contributed by atoms with Crippen LogP contribution in [0.15, 0.2) is 139 Å². The number of amides is 2. The van der Waals surface area contributed by atoms with Crippen LogP contribution in [0, 0.1) is 33.5 Å². The van der Waals surface area contributed by atoms with Gasteiger partial charge in [-0.1, -0.05) is 135 Å². The van der Waals surface area contributed by atoms with Gasteiger partial charge < -0.3 is 20.4 Å². The van der Waals surface area contributed by atoms with E-state index in [1.54, 1.807) is 4.90 Å². The smallest absolute Gasteiger partial charge is 0.322 e. The van der Waals surface area contributed by atoms with Crippen LogP contribution in [0.3, 0.4) is 0 Å². The number of allylic oxidation sites excluding steroid dienone is 4. The first kappa shape index (κ1) is 35.9. The Morgan fingerprint density at radius 3 is 2.04 bits per heavy atom. The van der Waals surface area contributed by atoms with Crippen molar-refractivity contribution in [2.45, 2.75) is 77.0 Å². The van der Waals surface area contributed by atoms with E-state index >= 15 is 4.79 Å². The third-order valence-corrected chi connectivity index (χ3v) is 15.2. The largest absolute Gasteiger partial charge is 0.393 e. The lowest BCUT2D eigenvalue weighted by molar-refractivity contribution is -0.174. The third kappa shape index (κ3) is 5.50. The van der Waals surface area contributed by atoms with Crippen molar-refractivity contribution in [1.29, 1.82) is 0 Å². The second-order valence-corrected chi connectivity index (χ2v) is 17.7. The number of aliphatic hydroxyl groups is 2. The number of carbonyl (C=O) groups excluding carboxylic acids is 2. The number of nitrogens with one attached hydrogen (secondary N) is 1. The molecule has 6 heteroatoms. The monoisotopic (exact) mass is 732 g/mol. The normalized spacial score (nSPS) is 34.2. The maximum atomic E-state index is 15.2. The molecule has 4 aromatic rings. The van der Waals surface area contributed by atoms with Crippen molar-refractivity contribution in [3.05, 3.63) is 150 Å². The molecule has 0 aromatic heterocycles. The number of urea groups is 1. The lowest BCUT2D eigenvalue weighted by Gasteiger charge is -2.71. The van der Waals surface area contributed by atoms with Crippen molar-refractivity contribution in [3.63, 3.8) is 0 Å². The molecule has 6 aliphatic rings. The number of hydrogen-bond acceptors (Lipinski definition) is 4. The number of aliphatic hydroxyl groups excluding tert-OH is 1. The first-order valence-electron chi connectivity index (χ1n) is 20.2. The molecule has 3 N–H and O–H groups in total. The van der Waals surface area contributed by atoms with Gasteiger partial charge in [-0.15, -0.1) is 0 Å². The van der Waals surface area contributed by atoms with Gasteiger partial charge in [-0.05, 0) is 91.0 Å². The summed E-state index contributed by atoms with van der Waals surface area (Å²) in [5.41, 5.74) is 2.51. The van der Waals surface area contributed by atoms with Crippen LogP contribution in [0.1, 0.15) is 74.7 Å². The molecule has 6 nitrogen and oxygen atoms in total. The number of para-hydroxylation sites is 1. The number of ketones is 1. The van der Waals surface area contributed by atoms with Gasteiger partial charge >= 0.3 is 6.03 Å². The molecule has 3 fully saturated rings. The minimum atomic E-state index is -1.19. The highest BCUT2D eigenvalue weighted by Gasteiger charge is 2.74. The van der Waals surface area contributed by atoms with Crippen molar-refractivity contribution >= 4 is 17.5 Å². The number of rotatable bonds is 8. The second-order valence-electron chi connectivity index (χ2n) is 17.7. The highest BCUT2D eigenvalue weighted by atomic mass is 16.3. The summed E-state index contributed by atoms with van der Waals surface area (Å²) in [7, 11) is 0. The van der Waals surface area contributed by atoms with Crippen LogP contribution >= 0.6 is 0 Å². The van der Waals surface area contributed by atoms with Crippen molar-refractivity contribution in [2.75, 3.05) is 11.9 Å². The highest BCUT2D eigenvalue weighted by Crippen LogP contribution is 2.78. The summed E-state index contributed by atoms with van der Waals surface area (Å²) >= 11 is 0. The Labute approximate surface area is 325 Å². The number of hydrogen-bond donors (Lipinski definition) is 3. The molecule has 0 aliphatic heterocycles. The Balaban J connectivity index is 1.10. The summed E-state index contributed by atoms with van der Waals surface area (Å²) in [6.45, 7) is 5.19. The van der Waals surface area contributed by atoms with Crippen LogP contribution in [0.2, 0.25) is 0 Å². The van der Waals surface area contributed by atoms with Crippen LogP contribution in [0.5, 0.6) is 0 Å². The minimum absolute atomic E-state index is 0.0171. The van der Waals surface area contributed by atoms with Crippen molar-refractivity contribution in [2.24, 2.45) is 33.5 Å². The number of Topliss-reactive ketones (excluding diaryl/α,β-unsaturated/α-hetero) is 1. The predicted molar refractivity (Wildman–Crippen MR) is 217 cm³/mol. The number of carbonyl (C=O) groups is 2. The molecule has 10 rings (SSSR count). The summed E-state index contributed by atoms with van der Waals surface area (Å²) in [5.74, 6) is 0.215. The summed E-state index contributed by atoms with van der Waals surface area (Å²) < 4.78 is 0. The van der Waals surface area contributed by atoms with Gasteiger partial charge in [0.05, 0.1) is 18.2 Å². The van der Waals surface area contributed by atoms with Crippen LogP contribution in [0.4, 0.5) is 10.5 Å². The highest BCUT2D eigenvalue weighted by molar-refractivity contribution is 6.10. The fourth-order valence-electron chi connectivity index (χ4n) is 12.2. The van der Waals surface area contributed by atoms with E-state index in [4.69, 9.17) is 0 Å². The standard InChI is InChI=1S/C49H52N2O4/c1-45-25-22-39(52)30-47(45)28-29-49(40(31-47)43(53)37-20-18-36(19-21-37)35-14-8-4-9-15-35)41(45)23-26-46(2)42(49)24-27-48(46,55)33-51(32-34-12-6-3-7-13-34)44(54)50-38-16-10-5-11-17-38/h3-21,28-29,31,39,41-42,52,55H,22-27,30,32-33H2,1-2H3,(H,50,54). The van der Waals surface area contributed by atoms with Crippen molar-refractivity contribution < 1.29 is 19.8 Å². The lowest BCUT2D eigenvalue weighted by Crippen LogP contribution is -2.67. The molecule has 282 valence electrons. The van der Waals surface area contributed by atoms with Gasteiger partial charge in [0.25, 0.3) is 0 Å². The van der Waals surface area contributed by atoms with Crippen LogP contribution < -0.4 is 5.32 Å². The van der Waals surface area contributed by atoms with E-state index in [1.165, 1.54) is 0 Å². The SMILES string of the molecule is CC12CCC(O)CC13C=CC1(C(C(=O)c4ccc(-c5ccccc5)cc4)=C3)C2CCC2(C)C1CCC2(O)CN(Cc1ccccc1)C(=O)Nc1ccccc1. The summed E-state index contributed by atoms with van der Waals surface area (Å²) in [6.07, 6.45) is 11.8. The number of anilines is 1. The van der Waals surface area contributed by atoms with Gasteiger partial charge in [-0.25, -0.2) is 4.79 Å². The minimum Gasteiger partial charge on any atom is -0.393 e. The zero-order valence-corrected chi connectivity index (χ0v) is 32.0. The van der Waals surface area contributed by atoms with E-state index in [0.717, 1.165) is 54.4 Å². The van der Waals surface area contributed by atoms with E-state index in [-0.39, 0.29) is 35.6 Å². The van der Waals surface area contributed by atoms with Crippen molar-refractivity contribution in [1.82, 2.24) is 4.90 Å². The maximum absolute atomic E-state index is 15.2. The van der Waals surface area contributed by atoms with Gasteiger partial charge in [0.15, 0.2) is 5.78 Å². The molecule has 3 saturated carbocycles. The van der Waals surface area contributed by atoms with Crippen molar-refractivity contribution in [3.8, 4) is 11.1 Å². The molecular weight excluding hydrogens is 681 g/mol. The fraction of sp³-hybridized carbons (Fsp3) is 0.388. The molecule has 0 heterocycles. The Morgan fingerprint density at radius 2 is 1.33 bits per heavy atom. The van der Waals surface area contributed by atoms with Crippen LogP contribution in [-0.2, 0) is 6.54 Å². The Hall–Kier alpha value is -4.78.